The summed E-state index contributed by atoms with van der Waals surface area (Å²) in [6, 6.07) is 4.98. The van der Waals surface area contributed by atoms with Gasteiger partial charge in [-0.25, -0.2) is 9.78 Å². The molecule has 1 atom stereocenters. The van der Waals surface area contributed by atoms with E-state index in [1.165, 1.54) is 19.4 Å². The summed E-state index contributed by atoms with van der Waals surface area (Å²) < 4.78 is 17.9. The number of aryl methyl sites for hydroxylation is 1. The summed E-state index contributed by atoms with van der Waals surface area (Å²) >= 11 is 0. The van der Waals surface area contributed by atoms with Gasteiger partial charge in [-0.1, -0.05) is 6.07 Å². The Kier molecular flexibility index (Phi) is 7.64. The standard InChI is InChI=1S/C26H30N4O6/c1-5-36-26(31)21-15-28-29(19-7-6-11-35-12-10-19)24(21)20-9-8-18(13-22(20)30(32)33)23-16(2)14-27-25(34-4)17(23)3/h8-9,13-15,19H,5-7,10-12H2,1-4H3. The molecule has 1 aromatic carbocycles. The van der Waals surface area contributed by atoms with Crippen LogP contribution in [0.15, 0.2) is 30.6 Å². The number of hydrogen-bond donors (Lipinski definition) is 0. The van der Waals surface area contributed by atoms with Gasteiger partial charge in [0.05, 0.1) is 42.1 Å². The summed E-state index contributed by atoms with van der Waals surface area (Å²) in [5, 5.41) is 16.9. The molecule has 0 aliphatic carbocycles. The summed E-state index contributed by atoms with van der Waals surface area (Å²) in [4.78, 5) is 29.0. The monoisotopic (exact) mass is 494 g/mol. The maximum absolute atomic E-state index is 12.8. The number of nitrogens with zero attached hydrogens (tertiary/aromatic N) is 4. The van der Waals surface area contributed by atoms with Crippen LogP contribution >= 0.6 is 0 Å². The van der Waals surface area contributed by atoms with E-state index in [-0.39, 0.29) is 23.9 Å². The number of carbonyl (C=O) groups excluding carboxylic acids is 1. The number of pyridine rings is 1. The molecule has 4 rings (SSSR count). The summed E-state index contributed by atoms with van der Waals surface area (Å²) in [6.45, 7) is 6.88. The van der Waals surface area contributed by atoms with Gasteiger partial charge in [0.2, 0.25) is 5.88 Å². The van der Waals surface area contributed by atoms with Crippen LogP contribution in [0, 0.1) is 24.0 Å². The highest BCUT2D eigenvalue weighted by molar-refractivity contribution is 5.98. The van der Waals surface area contributed by atoms with Gasteiger partial charge in [-0.2, -0.15) is 5.10 Å². The molecule has 1 aliphatic heterocycles. The molecule has 10 heteroatoms. The van der Waals surface area contributed by atoms with E-state index in [4.69, 9.17) is 14.2 Å². The number of nitro groups is 1. The highest BCUT2D eigenvalue weighted by atomic mass is 16.6. The van der Waals surface area contributed by atoms with Gasteiger partial charge in [0.15, 0.2) is 0 Å². The fraction of sp³-hybridized carbons (Fsp3) is 0.423. The van der Waals surface area contributed by atoms with Gasteiger partial charge in [-0.3, -0.25) is 14.8 Å². The molecule has 0 radical (unpaired) electrons. The van der Waals surface area contributed by atoms with Crippen LogP contribution in [-0.4, -0.2) is 52.6 Å². The van der Waals surface area contributed by atoms with Crippen molar-refractivity contribution in [2.45, 2.75) is 46.1 Å². The van der Waals surface area contributed by atoms with Gasteiger partial charge < -0.3 is 14.2 Å². The molecule has 10 nitrogen and oxygen atoms in total. The van der Waals surface area contributed by atoms with E-state index in [1.807, 2.05) is 19.9 Å². The quantitative estimate of drug-likeness (QED) is 0.254. The van der Waals surface area contributed by atoms with Crippen molar-refractivity contribution in [3.8, 4) is 28.3 Å². The van der Waals surface area contributed by atoms with Crippen LogP contribution in [0.4, 0.5) is 5.69 Å². The second kappa shape index (κ2) is 10.9. The molecule has 2 aromatic heterocycles. The van der Waals surface area contributed by atoms with E-state index < -0.39 is 10.9 Å². The lowest BCUT2D eigenvalue weighted by molar-refractivity contribution is -0.384. The minimum atomic E-state index is -0.562. The topological polar surface area (TPSA) is 119 Å². The largest absolute Gasteiger partial charge is 0.481 e. The van der Waals surface area contributed by atoms with Crippen molar-refractivity contribution in [3.63, 3.8) is 0 Å². The number of rotatable bonds is 7. The Bertz CT molecular complexity index is 1280. The van der Waals surface area contributed by atoms with Crippen LogP contribution in [0.1, 0.15) is 53.7 Å². The zero-order chi connectivity index (χ0) is 25.8. The number of esters is 1. The lowest BCUT2D eigenvalue weighted by Crippen LogP contribution is -2.14. The molecular weight excluding hydrogens is 464 g/mol. The average Bonchev–Trinajstić information content (AvgIpc) is 3.12. The van der Waals surface area contributed by atoms with Crippen LogP contribution in [0.3, 0.4) is 0 Å². The molecule has 1 aliphatic rings. The van der Waals surface area contributed by atoms with Crippen molar-refractivity contribution < 1.29 is 23.9 Å². The summed E-state index contributed by atoms with van der Waals surface area (Å²) in [5.41, 5.74) is 3.91. The molecule has 1 fully saturated rings. The molecule has 0 amide bonds. The first-order valence-electron chi connectivity index (χ1n) is 12.0. The zero-order valence-corrected chi connectivity index (χ0v) is 20.9. The number of methoxy groups -OCH3 is 1. The molecule has 1 unspecified atom stereocenters. The minimum Gasteiger partial charge on any atom is -0.481 e. The SMILES string of the molecule is CCOC(=O)c1cnn(C2CCCOCC2)c1-c1ccc(-c2c(C)cnc(OC)c2C)cc1[N+](=O)[O-]. The third-order valence-corrected chi connectivity index (χ3v) is 6.46. The van der Waals surface area contributed by atoms with Gasteiger partial charge in [0, 0.05) is 31.0 Å². The lowest BCUT2D eigenvalue weighted by atomic mass is 9.94. The van der Waals surface area contributed by atoms with Crippen LogP contribution in [0.2, 0.25) is 0 Å². The molecule has 190 valence electrons. The van der Waals surface area contributed by atoms with Crippen molar-refractivity contribution in [2.75, 3.05) is 26.9 Å². The first kappa shape index (κ1) is 25.3. The van der Waals surface area contributed by atoms with Crippen molar-refractivity contribution >= 4 is 11.7 Å². The maximum atomic E-state index is 12.8. The second-order valence-corrected chi connectivity index (χ2v) is 8.71. The van der Waals surface area contributed by atoms with E-state index in [2.05, 4.69) is 10.1 Å². The number of aromatic nitrogens is 3. The Morgan fingerprint density at radius 2 is 2.06 bits per heavy atom. The van der Waals surface area contributed by atoms with Crippen LogP contribution in [0.25, 0.3) is 22.4 Å². The summed E-state index contributed by atoms with van der Waals surface area (Å²) in [7, 11) is 1.54. The fourth-order valence-corrected chi connectivity index (χ4v) is 4.81. The van der Waals surface area contributed by atoms with E-state index >= 15 is 0 Å². The molecule has 0 bridgehead atoms. The van der Waals surface area contributed by atoms with Crippen LogP contribution < -0.4 is 4.74 Å². The number of benzene rings is 1. The molecule has 0 N–H and O–H groups in total. The highest BCUT2D eigenvalue weighted by Gasteiger charge is 2.30. The Morgan fingerprint density at radius 1 is 1.25 bits per heavy atom. The molecular formula is C26H30N4O6. The minimum absolute atomic E-state index is 0.0566. The third-order valence-electron chi connectivity index (χ3n) is 6.46. The van der Waals surface area contributed by atoms with Crippen LogP contribution in [0.5, 0.6) is 5.88 Å². The molecule has 0 spiro atoms. The van der Waals surface area contributed by atoms with Crippen molar-refractivity contribution in [3.05, 3.63) is 57.4 Å². The van der Waals surface area contributed by atoms with Crippen molar-refractivity contribution in [2.24, 2.45) is 0 Å². The van der Waals surface area contributed by atoms with Crippen molar-refractivity contribution in [1.29, 1.82) is 0 Å². The number of hydrogen-bond acceptors (Lipinski definition) is 8. The average molecular weight is 495 g/mol. The first-order chi connectivity index (χ1) is 17.4. The molecule has 3 heterocycles. The normalized spacial score (nSPS) is 15.8. The second-order valence-electron chi connectivity index (χ2n) is 8.71. The molecule has 36 heavy (non-hydrogen) atoms. The van der Waals surface area contributed by atoms with E-state index in [9.17, 15) is 14.9 Å². The molecule has 1 saturated heterocycles. The molecule has 0 saturated carbocycles. The van der Waals surface area contributed by atoms with Gasteiger partial charge >= 0.3 is 5.97 Å². The number of carbonyl (C=O) groups is 1. The van der Waals surface area contributed by atoms with Gasteiger partial charge in [0.25, 0.3) is 5.69 Å². The Hall–Kier alpha value is -3.79. The first-order valence-corrected chi connectivity index (χ1v) is 12.0. The Morgan fingerprint density at radius 3 is 2.78 bits per heavy atom. The third kappa shape index (κ3) is 4.81. The Labute approximate surface area is 209 Å². The van der Waals surface area contributed by atoms with E-state index in [0.717, 1.165) is 29.5 Å². The van der Waals surface area contributed by atoms with Gasteiger partial charge in [0.1, 0.15) is 5.56 Å². The molecule has 3 aromatic rings. The lowest BCUT2D eigenvalue weighted by Gasteiger charge is -2.19. The fourth-order valence-electron chi connectivity index (χ4n) is 4.81. The maximum Gasteiger partial charge on any atom is 0.341 e. The zero-order valence-electron chi connectivity index (χ0n) is 20.9. The van der Waals surface area contributed by atoms with Crippen molar-refractivity contribution in [1.82, 2.24) is 14.8 Å². The highest BCUT2D eigenvalue weighted by Crippen LogP contribution is 2.40. The predicted octanol–water partition coefficient (Wildman–Crippen LogP) is 5.06. The van der Waals surface area contributed by atoms with Crippen LogP contribution in [-0.2, 0) is 9.47 Å². The van der Waals surface area contributed by atoms with Gasteiger partial charge in [-0.05, 0) is 62.8 Å². The smallest absolute Gasteiger partial charge is 0.341 e. The Balaban J connectivity index is 1.92. The number of ether oxygens (including phenoxy) is 3. The number of nitro benzene ring substituents is 1. The van der Waals surface area contributed by atoms with E-state index in [1.54, 1.807) is 23.9 Å². The summed E-state index contributed by atoms with van der Waals surface area (Å²) in [5.74, 6) is -0.104. The summed E-state index contributed by atoms with van der Waals surface area (Å²) in [6.07, 6.45) is 5.44. The predicted molar refractivity (Wildman–Crippen MR) is 133 cm³/mol. The van der Waals surface area contributed by atoms with E-state index in [0.29, 0.717) is 42.3 Å². The van der Waals surface area contributed by atoms with Gasteiger partial charge in [-0.15, -0.1) is 0 Å².